The number of aryl methyl sites for hydroxylation is 1. The highest BCUT2D eigenvalue weighted by atomic mass is 16.3. The Morgan fingerprint density at radius 1 is 1.27 bits per heavy atom. The molecule has 0 spiro atoms. The van der Waals surface area contributed by atoms with Crippen LogP contribution in [0.25, 0.3) is 5.69 Å². The lowest BCUT2D eigenvalue weighted by molar-refractivity contribution is 0.291. The number of aromatic hydroxyl groups is 1. The van der Waals surface area contributed by atoms with Gasteiger partial charge in [-0.1, -0.05) is 17.7 Å². The first-order valence-electron chi connectivity index (χ1n) is 6.80. The molecule has 0 aliphatic carbocycles. The van der Waals surface area contributed by atoms with Gasteiger partial charge in [-0.3, -0.25) is 14.8 Å². The van der Waals surface area contributed by atoms with E-state index in [1.165, 1.54) is 6.21 Å². The molecule has 0 fully saturated rings. The summed E-state index contributed by atoms with van der Waals surface area (Å²) in [7, 11) is 0. The van der Waals surface area contributed by atoms with E-state index >= 15 is 0 Å². The maximum Gasteiger partial charge on any atom is 0.335 e. The number of aromatic nitrogens is 2. The molecule has 7 heteroatoms. The van der Waals surface area contributed by atoms with Crippen LogP contribution in [0.3, 0.4) is 0 Å². The first kappa shape index (κ1) is 15.7. The summed E-state index contributed by atoms with van der Waals surface area (Å²) >= 11 is 0. The van der Waals surface area contributed by atoms with Crippen molar-refractivity contribution in [2.45, 2.75) is 13.3 Å². The highest BCUT2D eigenvalue weighted by Crippen LogP contribution is 2.15. The topological polar surface area (TPSA) is 108 Å². The van der Waals surface area contributed by atoms with Crippen LogP contribution in [0.2, 0.25) is 0 Å². The van der Waals surface area contributed by atoms with Crippen LogP contribution >= 0.6 is 0 Å². The third-order valence-corrected chi connectivity index (χ3v) is 3.08. The van der Waals surface area contributed by atoms with E-state index in [2.05, 4.69) is 9.98 Å². The summed E-state index contributed by atoms with van der Waals surface area (Å²) in [4.78, 5) is 29.8. The minimum Gasteiger partial charge on any atom is -0.493 e. The molecule has 1 aromatic carbocycles. The van der Waals surface area contributed by atoms with E-state index in [1.807, 2.05) is 6.92 Å². The average Bonchev–Trinajstić information content (AvgIpc) is 2.48. The maximum atomic E-state index is 11.9. The van der Waals surface area contributed by atoms with E-state index in [0.29, 0.717) is 18.7 Å². The zero-order chi connectivity index (χ0) is 16.1. The second-order valence-corrected chi connectivity index (χ2v) is 4.78. The fraction of sp³-hybridized carbons (Fsp3) is 0.267. The van der Waals surface area contributed by atoms with Crippen molar-refractivity contribution in [2.75, 3.05) is 13.2 Å². The Balaban J connectivity index is 2.51. The molecule has 0 unspecified atom stereocenters. The number of nitrogens with one attached hydrogen (secondary N) is 1. The Hall–Kier alpha value is -2.67. The zero-order valence-electron chi connectivity index (χ0n) is 12.1. The molecule has 0 aliphatic heterocycles. The number of aliphatic imine (C=N–C) groups is 1. The molecule has 0 saturated carbocycles. The number of nitrogens with zero attached hydrogens (tertiary/aromatic N) is 2. The molecular formula is C15H17N3O4. The molecule has 0 aliphatic rings. The maximum absolute atomic E-state index is 11.9. The largest absolute Gasteiger partial charge is 0.493 e. The van der Waals surface area contributed by atoms with Crippen molar-refractivity contribution in [3.05, 3.63) is 56.2 Å². The van der Waals surface area contributed by atoms with Gasteiger partial charge in [-0.2, -0.15) is 0 Å². The monoisotopic (exact) mass is 303 g/mol. The minimum atomic E-state index is -0.723. The van der Waals surface area contributed by atoms with Crippen LogP contribution in [0.4, 0.5) is 0 Å². The Morgan fingerprint density at radius 2 is 1.95 bits per heavy atom. The summed E-state index contributed by atoms with van der Waals surface area (Å²) in [6.45, 7) is 2.21. The van der Waals surface area contributed by atoms with Crippen molar-refractivity contribution in [1.82, 2.24) is 9.55 Å². The number of aliphatic hydroxyl groups excluding tert-OH is 1. The summed E-state index contributed by atoms with van der Waals surface area (Å²) in [5.74, 6) is -0.467. The van der Waals surface area contributed by atoms with Crippen LogP contribution in [0.1, 0.15) is 17.5 Å². The third kappa shape index (κ3) is 3.32. The minimum absolute atomic E-state index is 0.0114. The molecule has 3 N–H and O–H groups in total. The summed E-state index contributed by atoms with van der Waals surface area (Å²) in [5.41, 5.74) is -0.0866. The van der Waals surface area contributed by atoms with Crippen molar-refractivity contribution in [2.24, 2.45) is 4.99 Å². The Labute approximate surface area is 126 Å². The van der Waals surface area contributed by atoms with Crippen LogP contribution < -0.4 is 11.2 Å². The number of hydrogen-bond donors (Lipinski definition) is 3. The lowest BCUT2D eigenvalue weighted by atomic mass is 10.2. The summed E-state index contributed by atoms with van der Waals surface area (Å²) in [5, 5.41) is 18.9. The van der Waals surface area contributed by atoms with Gasteiger partial charge in [0.05, 0.1) is 5.69 Å². The van der Waals surface area contributed by atoms with Crippen molar-refractivity contribution in [1.29, 1.82) is 0 Å². The second-order valence-electron chi connectivity index (χ2n) is 4.78. The predicted octanol–water partition coefficient (Wildman–Crippen LogP) is 0.341. The molecule has 2 rings (SSSR count). The van der Waals surface area contributed by atoms with Gasteiger partial charge in [0.1, 0.15) is 5.56 Å². The van der Waals surface area contributed by atoms with Gasteiger partial charge in [0, 0.05) is 19.4 Å². The first-order chi connectivity index (χ1) is 10.5. The van der Waals surface area contributed by atoms with Gasteiger partial charge in [-0.05, 0) is 25.5 Å². The van der Waals surface area contributed by atoms with Gasteiger partial charge in [0.15, 0.2) is 0 Å². The van der Waals surface area contributed by atoms with E-state index in [4.69, 9.17) is 5.11 Å². The molecule has 0 atom stereocenters. The van der Waals surface area contributed by atoms with Crippen LogP contribution in [0.15, 0.2) is 38.8 Å². The number of H-pyrrole nitrogens is 1. The lowest BCUT2D eigenvalue weighted by Gasteiger charge is -2.09. The summed E-state index contributed by atoms with van der Waals surface area (Å²) < 4.78 is 1.01. The average molecular weight is 303 g/mol. The number of benzene rings is 1. The van der Waals surface area contributed by atoms with E-state index < -0.39 is 17.1 Å². The number of hydrogen-bond acceptors (Lipinski definition) is 5. The zero-order valence-corrected chi connectivity index (χ0v) is 12.1. The molecule has 7 nitrogen and oxygen atoms in total. The lowest BCUT2D eigenvalue weighted by Crippen LogP contribution is -2.31. The number of rotatable bonds is 5. The van der Waals surface area contributed by atoms with Crippen molar-refractivity contribution in [3.8, 4) is 11.6 Å². The predicted molar refractivity (Wildman–Crippen MR) is 83.2 cm³/mol. The molecule has 0 radical (unpaired) electrons. The molecule has 1 heterocycles. The molecule has 0 amide bonds. The van der Waals surface area contributed by atoms with Gasteiger partial charge >= 0.3 is 5.69 Å². The summed E-state index contributed by atoms with van der Waals surface area (Å²) in [6, 6.07) is 6.92. The summed E-state index contributed by atoms with van der Waals surface area (Å²) in [6.07, 6.45) is 1.65. The highest BCUT2D eigenvalue weighted by molar-refractivity contribution is 5.82. The first-order valence-corrected chi connectivity index (χ1v) is 6.80. The number of aromatic amines is 1. The molecule has 22 heavy (non-hydrogen) atoms. The van der Waals surface area contributed by atoms with Crippen LogP contribution in [-0.2, 0) is 0 Å². The van der Waals surface area contributed by atoms with E-state index in [9.17, 15) is 14.7 Å². The van der Waals surface area contributed by atoms with E-state index in [1.54, 1.807) is 24.3 Å². The van der Waals surface area contributed by atoms with Gasteiger partial charge in [0.25, 0.3) is 5.56 Å². The number of aliphatic hydroxyl groups is 1. The molecule has 2 aromatic rings. The quantitative estimate of drug-likeness (QED) is 0.547. The van der Waals surface area contributed by atoms with Gasteiger partial charge in [-0.25, -0.2) is 9.36 Å². The molecular weight excluding hydrogens is 286 g/mol. The van der Waals surface area contributed by atoms with E-state index in [-0.39, 0.29) is 12.2 Å². The van der Waals surface area contributed by atoms with Crippen LogP contribution in [-0.4, -0.2) is 39.1 Å². The highest BCUT2D eigenvalue weighted by Gasteiger charge is 2.13. The van der Waals surface area contributed by atoms with Crippen LogP contribution in [0.5, 0.6) is 5.88 Å². The second kappa shape index (κ2) is 6.86. The standard InChI is InChI=1S/C15H17N3O4/c1-10-3-5-11(6-4-10)18-14(21)12(9-16-7-2-8-19)13(20)17-15(18)22/h3-6,9,19,21H,2,7-8H2,1H3,(H,17,20,22). The van der Waals surface area contributed by atoms with Gasteiger partial charge in [0.2, 0.25) is 5.88 Å². The van der Waals surface area contributed by atoms with Crippen LogP contribution in [0, 0.1) is 6.92 Å². The fourth-order valence-corrected chi connectivity index (χ4v) is 1.91. The normalized spacial score (nSPS) is 11.2. The Morgan fingerprint density at radius 3 is 2.59 bits per heavy atom. The fourth-order valence-electron chi connectivity index (χ4n) is 1.91. The molecule has 0 bridgehead atoms. The van der Waals surface area contributed by atoms with Gasteiger partial charge < -0.3 is 10.2 Å². The Kier molecular flexibility index (Phi) is 4.90. The Bertz CT molecular complexity index is 788. The SMILES string of the molecule is Cc1ccc(-n2c(O)c(C=NCCCO)c(=O)[nH]c2=O)cc1. The van der Waals surface area contributed by atoms with Crippen molar-refractivity contribution >= 4 is 6.21 Å². The smallest absolute Gasteiger partial charge is 0.335 e. The van der Waals surface area contributed by atoms with Gasteiger partial charge in [-0.15, -0.1) is 0 Å². The molecule has 116 valence electrons. The van der Waals surface area contributed by atoms with E-state index in [0.717, 1.165) is 10.1 Å². The van der Waals surface area contributed by atoms with Crippen molar-refractivity contribution < 1.29 is 10.2 Å². The molecule has 1 aromatic heterocycles. The molecule has 0 saturated heterocycles. The van der Waals surface area contributed by atoms with Crippen molar-refractivity contribution in [3.63, 3.8) is 0 Å². The third-order valence-electron chi connectivity index (χ3n) is 3.08.